The molecule has 0 N–H and O–H groups in total. The normalized spacial score (nSPS) is 22.8. The molecule has 3 aliphatic carbocycles. The SMILES string of the molecule is C1=CC2=C(CC1)CC1CCC=CC1=C2c1ccc2ccccc2c1. The number of hydrogen-bond acceptors (Lipinski definition) is 0. The molecular weight excluding hydrogens is 288 g/mol. The van der Waals surface area contributed by atoms with Crippen molar-refractivity contribution < 1.29 is 0 Å². The van der Waals surface area contributed by atoms with E-state index in [1.165, 1.54) is 59.6 Å². The number of hydrogen-bond donors (Lipinski definition) is 0. The van der Waals surface area contributed by atoms with Gasteiger partial charge in [-0.2, -0.15) is 0 Å². The van der Waals surface area contributed by atoms with Gasteiger partial charge in [-0.25, -0.2) is 0 Å². The molecule has 0 radical (unpaired) electrons. The fourth-order valence-corrected chi connectivity index (χ4v) is 4.60. The van der Waals surface area contributed by atoms with Crippen molar-refractivity contribution in [3.8, 4) is 0 Å². The van der Waals surface area contributed by atoms with E-state index in [1.54, 1.807) is 11.1 Å². The van der Waals surface area contributed by atoms with Crippen LogP contribution in [0.3, 0.4) is 0 Å². The molecule has 0 saturated carbocycles. The molecule has 5 rings (SSSR count). The van der Waals surface area contributed by atoms with Crippen LogP contribution in [-0.4, -0.2) is 0 Å². The van der Waals surface area contributed by atoms with E-state index in [1.807, 2.05) is 0 Å². The van der Waals surface area contributed by atoms with Crippen molar-refractivity contribution in [3.63, 3.8) is 0 Å². The van der Waals surface area contributed by atoms with Crippen LogP contribution >= 0.6 is 0 Å². The van der Waals surface area contributed by atoms with Crippen LogP contribution in [0.15, 0.2) is 83.5 Å². The zero-order valence-electron chi connectivity index (χ0n) is 14.0. The van der Waals surface area contributed by atoms with Crippen LogP contribution in [0.1, 0.15) is 37.7 Å². The van der Waals surface area contributed by atoms with E-state index in [2.05, 4.69) is 66.8 Å². The highest BCUT2D eigenvalue weighted by Crippen LogP contribution is 2.47. The zero-order chi connectivity index (χ0) is 15.9. The summed E-state index contributed by atoms with van der Waals surface area (Å²) in [6.07, 6.45) is 15.8. The van der Waals surface area contributed by atoms with E-state index in [-0.39, 0.29) is 0 Å². The monoisotopic (exact) mass is 310 g/mol. The molecule has 2 aromatic carbocycles. The molecule has 0 bridgehead atoms. The summed E-state index contributed by atoms with van der Waals surface area (Å²) in [5.74, 6) is 0.724. The lowest BCUT2D eigenvalue weighted by Gasteiger charge is -2.34. The fraction of sp³-hybridized carbons (Fsp3) is 0.250. The maximum Gasteiger partial charge on any atom is -0.00768 e. The molecule has 0 heterocycles. The van der Waals surface area contributed by atoms with Gasteiger partial charge in [0.15, 0.2) is 0 Å². The molecule has 0 spiro atoms. The predicted molar refractivity (Wildman–Crippen MR) is 103 cm³/mol. The summed E-state index contributed by atoms with van der Waals surface area (Å²) in [6.45, 7) is 0. The van der Waals surface area contributed by atoms with Crippen molar-refractivity contribution in [2.75, 3.05) is 0 Å². The van der Waals surface area contributed by atoms with Gasteiger partial charge in [0.2, 0.25) is 0 Å². The molecule has 1 unspecified atom stereocenters. The van der Waals surface area contributed by atoms with Crippen molar-refractivity contribution in [2.45, 2.75) is 32.1 Å². The quantitative estimate of drug-likeness (QED) is 0.556. The van der Waals surface area contributed by atoms with E-state index >= 15 is 0 Å². The Morgan fingerprint density at radius 2 is 1.71 bits per heavy atom. The maximum absolute atomic E-state index is 2.41. The minimum Gasteiger partial charge on any atom is -0.0842 e. The molecule has 3 aliphatic rings. The third-order valence-electron chi connectivity index (χ3n) is 5.79. The van der Waals surface area contributed by atoms with Crippen LogP contribution in [0.2, 0.25) is 0 Å². The molecule has 118 valence electrons. The second-order valence-electron chi connectivity index (χ2n) is 7.23. The highest BCUT2D eigenvalue weighted by atomic mass is 14.3. The summed E-state index contributed by atoms with van der Waals surface area (Å²) in [4.78, 5) is 0. The van der Waals surface area contributed by atoms with E-state index in [4.69, 9.17) is 0 Å². The summed E-state index contributed by atoms with van der Waals surface area (Å²) >= 11 is 0. The van der Waals surface area contributed by atoms with Gasteiger partial charge in [0.05, 0.1) is 0 Å². The Kier molecular flexibility index (Phi) is 3.29. The van der Waals surface area contributed by atoms with Gasteiger partial charge >= 0.3 is 0 Å². The second-order valence-corrected chi connectivity index (χ2v) is 7.23. The molecule has 0 fully saturated rings. The van der Waals surface area contributed by atoms with E-state index in [0.29, 0.717) is 0 Å². The summed E-state index contributed by atoms with van der Waals surface area (Å²) < 4.78 is 0. The van der Waals surface area contributed by atoms with Gasteiger partial charge in [-0.15, -0.1) is 0 Å². The second kappa shape index (κ2) is 5.63. The number of allylic oxidation sites excluding steroid dienone is 8. The number of rotatable bonds is 1. The first kappa shape index (κ1) is 14.0. The van der Waals surface area contributed by atoms with Gasteiger partial charge in [-0.1, -0.05) is 66.3 Å². The van der Waals surface area contributed by atoms with E-state index in [9.17, 15) is 0 Å². The Labute approximate surface area is 143 Å². The lowest BCUT2D eigenvalue weighted by Crippen LogP contribution is -2.17. The molecule has 0 heteroatoms. The van der Waals surface area contributed by atoms with Crippen molar-refractivity contribution in [1.29, 1.82) is 0 Å². The van der Waals surface area contributed by atoms with Crippen LogP contribution in [0.25, 0.3) is 16.3 Å². The van der Waals surface area contributed by atoms with Gasteiger partial charge in [-0.05, 0) is 77.1 Å². The minimum absolute atomic E-state index is 0.724. The maximum atomic E-state index is 2.41. The van der Waals surface area contributed by atoms with Crippen LogP contribution in [-0.2, 0) is 0 Å². The lowest BCUT2D eigenvalue weighted by molar-refractivity contribution is 0.541. The van der Waals surface area contributed by atoms with Crippen LogP contribution in [0, 0.1) is 5.92 Å². The smallest absolute Gasteiger partial charge is 0.00768 e. The van der Waals surface area contributed by atoms with Crippen LogP contribution in [0.5, 0.6) is 0 Å². The minimum atomic E-state index is 0.724. The Morgan fingerprint density at radius 3 is 2.67 bits per heavy atom. The zero-order valence-corrected chi connectivity index (χ0v) is 14.0. The molecule has 2 aromatic rings. The number of fused-ring (bicyclic) bond motifs is 2. The molecule has 0 aromatic heterocycles. The van der Waals surface area contributed by atoms with E-state index < -0.39 is 0 Å². The number of benzene rings is 2. The standard InChI is InChI=1S/C24H22/c1-2-8-18-15-21(14-13-17(18)7-1)24-22-11-5-3-9-19(22)16-20-10-4-6-12-23(20)24/h1-2,5-8,11-15,19H,3-4,9-10,16H2. The Hall–Kier alpha value is -2.34. The van der Waals surface area contributed by atoms with Crippen molar-refractivity contribution in [1.82, 2.24) is 0 Å². The van der Waals surface area contributed by atoms with Crippen molar-refractivity contribution in [2.24, 2.45) is 5.92 Å². The third-order valence-corrected chi connectivity index (χ3v) is 5.79. The van der Waals surface area contributed by atoms with E-state index in [0.717, 1.165) is 5.92 Å². The molecule has 0 amide bonds. The summed E-state index contributed by atoms with van der Waals surface area (Å²) in [7, 11) is 0. The van der Waals surface area contributed by atoms with Crippen LogP contribution in [0.4, 0.5) is 0 Å². The van der Waals surface area contributed by atoms with Gasteiger partial charge in [0.25, 0.3) is 0 Å². The first-order valence-corrected chi connectivity index (χ1v) is 9.19. The average molecular weight is 310 g/mol. The van der Waals surface area contributed by atoms with Gasteiger partial charge in [0, 0.05) is 0 Å². The van der Waals surface area contributed by atoms with Crippen molar-refractivity contribution >= 4 is 16.3 Å². The molecule has 24 heavy (non-hydrogen) atoms. The summed E-state index contributed by atoms with van der Waals surface area (Å²) in [5.41, 5.74) is 7.65. The van der Waals surface area contributed by atoms with Gasteiger partial charge < -0.3 is 0 Å². The Balaban J connectivity index is 1.75. The molecule has 0 saturated heterocycles. The Morgan fingerprint density at radius 1 is 0.833 bits per heavy atom. The topological polar surface area (TPSA) is 0 Å². The highest BCUT2D eigenvalue weighted by molar-refractivity contribution is 5.93. The fourth-order valence-electron chi connectivity index (χ4n) is 4.60. The first-order valence-electron chi connectivity index (χ1n) is 9.19. The summed E-state index contributed by atoms with van der Waals surface area (Å²) in [6, 6.07) is 15.7. The average Bonchev–Trinajstić information content (AvgIpc) is 2.65. The lowest BCUT2D eigenvalue weighted by atomic mass is 9.71. The molecule has 1 atom stereocenters. The molecule has 0 nitrogen and oxygen atoms in total. The van der Waals surface area contributed by atoms with Gasteiger partial charge in [-0.3, -0.25) is 0 Å². The summed E-state index contributed by atoms with van der Waals surface area (Å²) in [5, 5.41) is 2.67. The van der Waals surface area contributed by atoms with Gasteiger partial charge in [0.1, 0.15) is 0 Å². The predicted octanol–water partition coefficient (Wildman–Crippen LogP) is 6.61. The molecule has 0 aliphatic heterocycles. The van der Waals surface area contributed by atoms with Crippen LogP contribution < -0.4 is 0 Å². The molecular formula is C24H22. The highest BCUT2D eigenvalue weighted by Gasteiger charge is 2.29. The third kappa shape index (κ3) is 2.21. The van der Waals surface area contributed by atoms with Crippen molar-refractivity contribution in [3.05, 3.63) is 89.1 Å². The first-order chi connectivity index (χ1) is 11.9. The Bertz CT molecular complexity index is 933. The largest absolute Gasteiger partial charge is 0.0842 e.